The van der Waals surface area contributed by atoms with Crippen molar-refractivity contribution in [3.63, 3.8) is 0 Å². The second kappa shape index (κ2) is 13.0. The maximum atomic E-state index is 13.5. The lowest BCUT2D eigenvalue weighted by atomic mass is 9.98. The summed E-state index contributed by atoms with van der Waals surface area (Å²) in [5.41, 5.74) is 10.9. The number of nitrogens with two attached hydrogens (primary N) is 1. The van der Waals surface area contributed by atoms with Gasteiger partial charge in [-0.3, -0.25) is 4.79 Å². The maximum Gasteiger partial charge on any atom is 0.252 e. The summed E-state index contributed by atoms with van der Waals surface area (Å²) >= 11 is 1.64. The lowest BCUT2D eigenvalue weighted by Crippen LogP contribution is -2.38. The van der Waals surface area contributed by atoms with Crippen molar-refractivity contribution in [2.75, 3.05) is 18.0 Å². The van der Waals surface area contributed by atoms with E-state index in [1.54, 1.807) is 23.9 Å². The highest BCUT2D eigenvalue weighted by Gasteiger charge is 2.43. The standard InChI is InChI=1S/C25H25N3O2S.C7H8/c1-3-8-20(4-2)31-14-13-28-16-18-15-19(26)11-12-21(18)23-22(25(28)29)27-24(30-23)17-9-6-5-7-10-17;1-7-5-3-2-4-6-7/h3-12,15,22-23H,1-2,13-14,16,26H2;2-6H,1H3/b20-8+;. The van der Waals surface area contributed by atoms with E-state index in [0.29, 0.717) is 24.7 Å². The first-order chi connectivity index (χ1) is 18.5. The molecule has 2 heterocycles. The van der Waals surface area contributed by atoms with Crippen molar-refractivity contribution in [1.82, 2.24) is 4.90 Å². The van der Waals surface area contributed by atoms with Gasteiger partial charge in [-0.15, -0.1) is 11.8 Å². The molecule has 0 bridgehead atoms. The largest absolute Gasteiger partial charge is 0.466 e. The van der Waals surface area contributed by atoms with Gasteiger partial charge >= 0.3 is 0 Å². The molecule has 2 unspecified atom stereocenters. The molecule has 0 spiro atoms. The van der Waals surface area contributed by atoms with Gasteiger partial charge in [0.15, 0.2) is 12.1 Å². The van der Waals surface area contributed by atoms with Crippen LogP contribution in [0.2, 0.25) is 0 Å². The molecule has 2 atom stereocenters. The number of allylic oxidation sites excluding steroid dienone is 3. The van der Waals surface area contributed by atoms with E-state index in [-0.39, 0.29) is 5.91 Å². The number of anilines is 1. The van der Waals surface area contributed by atoms with E-state index in [0.717, 1.165) is 27.3 Å². The van der Waals surface area contributed by atoms with Crippen molar-refractivity contribution in [1.29, 1.82) is 0 Å². The number of hydrogen-bond donors (Lipinski definition) is 1. The lowest BCUT2D eigenvalue weighted by Gasteiger charge is -2.22. The minimum absolute atomic E-state index is 0.0286. The Balaban J connectivity index is 0.000000417. The molecule has 6 heteroatoms. The van der Waals surface area contributed by atoms with Crippen molar-refractivity contribution < 1.29 is 9.53 Å². The molecule has 5 nitrogen and oxygen atoms in total. The van der Waals surface area contributed by atoms with Crippen molar-refractivity contribution in [3.05, 3.63) is 137 Å². The Morgan fingerprint density at radius 2 is 1.82 bits per heavy atom. The van der Waals surface area contributed by atoms with Crippen LogP contribution in [0.15, 0.2) is 120 Å². The SMILES string of the molecule is C=C/C=C(\C=C)SCCN1Cc2cc(N)ccc2C2OC(c3ccccc3)=NC2C1=O.Cc1ccccc1. The van der Waals surface area contributed by atoms with E-state index in [9.17, 15) is 4.79 Å². The Kier molecular flexibility index (Phi) is 9.22. The van der Waals surface area contributed by atoms with Crippen LogP contribution in [-0.2, 0) is 16.1 Å². The third-order valence-electron chi connectivity index (χ3n) is 6.26. The second-order valence-corrected chi connectivity index (χ2v) is 10.2. The van der Waals surface area contributed by atoms with Gasteiger partial charge in [-0.1, -0.05) is 85.5 Å². The molecule has 38 heavy (non-hydrogen) atoms. The maximum absolute atomic E-state index is 13.5. The van der Waals surface area contributed by atoms with Crippen LogP contribution in [0.3, 0.4) is 0 Å². The molecule has 0 radical (unpaired) electrons. The predicted octanol–water partition coefficient (Wildman–Crippen LogP) is 6.48. The van der Waals surface area contributed by atoms with Crippen LogP contribution in [0, 0.1) is 6.92 Å². The fraction of sp³-hybridized carbons (Fsp3) is 0.188. The highest BCUT2D eigenvalue weighted by molar-refractivity contribution is 8.03. The molecule has 2 aliphatic rings. The number of aliphatic imine (C=N–C) groups is 1. The van der Waals surface area contributed by atoms with Crippen LogP contribution >= 0.6 is 11.8 Å². The summed E-state index contributed by atoms with van der Waals surface area (Å²) in [6, 6.07) is 25.1. The van der Waals surface area contributed by atoms with Crippen LogP contribution < -0.4 is 5.73 Å². The number of thioether (sulfide) groups is 1. The quantitative estimate of drug-likeness (QED) is 0.284. The van der Waals surface area contributed by atoms with Crippen LogP contribution in [0.4, 0.5) is 5.69 Å². The predicted molar refractivity (Wildman–Crippen MR) is 159 cm³/mol. The number of benzene rings is 3. The zero-order chi connectivity index (χ0) is 26.9. The molecule has 194 valence electrons. The summed E-state index contributed by atoms with van der Waals surface area (Å²) in [7, 11) is 0. The van der Waals surface area contributed by atoms with E-state index in [4.69, 9.17) is 15.5 Å². The van der Waals surface area contributed by atoms with Crippen molar-refractivity contribution in [2.24, 2.45) is 4.99 Å². The van der Waals surface area contributed by atoms with Gasteiger partial charge in [0.25, 0.3) is 5.91 Å². The van der Waals surface area contributed by atoms with Crippen molar-refractivity contribution in [3.8, 4) is 0 Å². The number of nitrogens with zero attached hydrogens (tertiary/aromatic N) is 2. The van der Waals surface area contributed by atoms with Crippen molar-refractivity contribution >= 4 is 29.3 Å². The number of hydrogen-bond acceptors (Lipinski definition) is 5. The molecule has 0 aromatic heterocycles. The summed E-state index contributed by atoms with van der Waals surface area (Å²) in [4.78, 5) is 21.1. The first-order valence-electron chi connectivity index (χ1n) is 12.6. The van der Waals surface area contributed by atoms with Gasteiger partial charge in [-0.2, -0.15) is 0 Å². The molecule has 3 aromatic rings. The first kappa shape index (κ1) is 27.0. The Bertz CT molecular complexity index is 1340. The Morgan fingerprint density at radius 1 is 1.11 bits per heavy atom. The molecule has 0 fully saturated rings. The minimum Gasteiger partial charge on any atom is -0.466 e. The molecule has 0 saturated carbocycles. The second-order valence-electron chi connectivity index (χ2n) is 9.01. The topological polar surface area (TPSA) is 67.9 Å². The third-order valence-corrected chi connectivity index (χ3v) is 7.28. The van der Waals surface area contributed by atoms with Crippen LogP contribution in [0.25, 0.3) is 0 Å². The molecular formula is C32H33N3O2S. The third kappa shape index (κ3) is 6.64. The molecule has 2 N–H and O–H groups in total. The van der Waals surface area contributed by atoms with Gasteiger partial charge in [0.05, 0.1) is 0 Å². The molecular weight excluding hydrogens is 490 g/mol. The molecule has 0 saturated heterocycles. The van der Waals surface area contributed by atoms with E-state index in [1.807, 2.05) is 77.7 Å². The molecule has 0 aliphatic carbocycles. The van der Waals surface area contributed by atoms with Crippen LogP contribution in [0.5, 0.6) is 0 Å². The van der Waals surface area contributed by atoms with Gasteiger partial charge in [-0.25, -0.2) is 4.99 Å². The Morgan fingerprint density at radius 3 is 2.45 bits per heavy atom. The molecule has 1 amide bonds. The van der Waals surface area contributed by atoms with Gasteiger partial charge < -0.3 is 15.4 Å². The van der Waals surface area contributed by atoms with Crippen LogP contribution in [0.1, 0.15) is 28.4 Å². The Labute approximate surface area is 229 Å². The normalized spacial score (nSPS) is 18.1. The molecule has 3 aromatic carbocycles. The minimum atomic E-state index is -0.604. The molecule has 2 aliphatic heterocycles. The van der Waals surface area contributed by atoms with Gasteiger partial charge in [-0.05, 0) is 42.8 Å². The summed E-state index contributed by atoms with van der Waals surface area (Å²) in [5, 5.41) is 0. The number of amides is 1. The number of ether oxygens (including phenoxy) is 1. The number of carbonyl (C=O) groups excluding carboxylic acids is 1. The number of aryl methyl sites for hydroxylation is 1. The highest BCUT2D eigenvalue weighted by Crippen LogP contribution is 2.38. The van der Waals surface area contributed by atoms with Crippen LogP contribution in [-0.4, -0.2) is 35.0 Å². The average Bonchev–Trinajstić information content (AvgIpc) is 3.34. The Hall–Kier alpha value is -4.03. The van der Waals surface area contributed by atoms with Gasteiger partial charge in [0, 0.05) is 40.6 Å². The van der Waals surface area contributed by atoms with E-state index >= 15 is 0 Å². The lowest BCUT2D eigenvalue weighted by molar-refractivity contribution is -0.133. The molecule has 5 rings (SSSR count). The number of rotatable bonds is 7. The summed E-state index contributed by atoms with van der Waals surface area (Å²) in [6.07, 6.45) is 5.00. The number of carbonyl (C=O) groups is 1. The first-order valence-corrected chi connectivity index (χ1v) is 13.5. The zero-order valence-electron chi connectivity index (χ0n) is 21.6. The highest BCUT2D eigenvalue weighted by atomic mass is 32.2. The fourth-order valence-corrected chi connectivity index (χ4v) is 5.21. The van der Waals surface area contributed by atoms with Crippen molar-refractivity contribution in [2.45, 2.75) is 25.6 Å². The zero-order valence-corrected chi connectivity index (χ0v) is 22.4. The summed E-state index contributed by atoms with van der Waals surface area (Å²) in [6.45, 7) is 10.7. The van der Waals surface area contributed by atoms with E-state index < -0.39 is 12.1 Å². The smallest absolute Gasteiger partial charge is 0.252 e. The average molecular weight is 524 g/mol. The van der Waals surface area contributed by atoms with E-state index in [2.05, 4.69) is 32.2 Å². The summed E-state index contributed by atoms with van der Waals surface area (Å²) in [5.74, 6) is 1.22. The fourth-order valence-electron chi connectivity index (χ4n) is 4.35. The monoisotopic (exact) mass is 523 g/mol. The number of fused-ring (bicyclic) bond motifs is 3. The summed E-state index contributed by atoms with van der Waals surface area (Å²) < 4.78 is 6.23. The van der Waals surface area contributed by atoms with Gasteiger partial charge in [0.1, 0.15) is 0 Å². The van der Waals surface area contributed by atoms with Gasteiger partial charge in [0.2, 0.25) is 5.90 Å². The van der Waals surface area contributed by atoms with E-state index in [1.165, 1.54) is 5.56 Å². The number of nitrogen functional groups attached to an aromatic ring is 1.